The number of hydrogen-bond acceptors (Lipinski definition) is 3. The number of benzene rings is 2. The molecule has 0 spiro atoms. The van der Waals surface area contributed by atoms with Gasteiger partial charge in [-0.15, -0.1) is 0 Å². The first kappa shape index (κ1) is 13.2. The minimum atomic E-state index is -0.218. The van der Waals surface area contributed by atoms with Crippen molar-refractivity contribution in [3.05, 3.63) is 65.9 Å². The van der Waals surface area contributed by atoms with E-state index in [1.54, 1.807) is 18.2 Å². The van der Waals surface area contributed by atoms with Gasteiger partial charge in [0.15, 0.2) is 5.76 Å². The summed E-state index contributed by atoms with van der Waals surface area (Å²) in [5.41, 5.74) is 1.76. The molecule has 0 aliphatic carbocycles. The molecule has 4 nitrogen and oxygen atoms in total. The number of nitrogens with one attached hydrogen (secondary N) is 1. The Labute approximate surface area is 122 Å². The van der Waals surface area contributed by atoms with E-state index >= 15 is 0 Å². The molecule has 21 heavy (non-hydrogen) atoms. The van der Waals surface area contributed by atoms with Crippen molar-refractivity contribution in [3.63, 3.8) is 0 Å². The minimum absolute atomic E-state index is 0.218. The maximum Gasteiger partial charge on any atom is 0.287 e. The fraction of sp³-hybridized carbons (Fsp3) is 0.118. The summed E-state index contributed by atoms with van der Waals surface area (Å²) in [7, 11) is 0. The normalized spacial score (nSPS) is 10.7. The molecular weight excluding hydrogens is 266 g/mol. The predicted octanol–water partition coefficient (Wildman–Crippen LogP) is 3.11. The zero-order valence-electron chi connectivity index (χ0n) is 11.4. The predicted molar refractivity (Wildman–Crippen MR) is 80.4 cm³/mol. The molecule has 0 atom stereocenters. The van der Waals surface area contributed by atoms with Gasteiger partial charge in [-0.25, -0.2) is 0 Å². The third-order valence-corrected chi connectivity index (χ3v) is 3.28. The first-order valence-corrected chi connectivity index (χ1v) is 6.77. The largest absolute Gasteiger partial charge is 0.508 e. The number of rotatable bonds is 4. The van der Waals surface area contributed by atoms with E-state index in [0.717, 1.165) is 10.9 Å². The molecule has 2 N–H and O–H groups in total. The van der Waals surface area contributed by atoms with Crippen LogP contribution in [0, 0.1) is 0 Å². The van der Waals surface area contributed by atoms with Crippen molar-refractivity contribution in [3.8, 4) is 5.75 Å². The summed E-state index contributed by atoms with van der Waals surface area (Å²) in [6.07, 6.45) is 0.701. The lowest BCUT2D eigenvalue weighted by molar-refractivity contribution is 0.0928. The van der Waals surface area contributed by atoms with E-state index in [2.05, 4.69) is 5.32 Å². The van der Waals surface area contributed by atoms with E-state index in [-0.39, 0.29) is 11.7 Å². The molecule has 0 aliphatic rings. The van der Waals surface area contributed by atoms with Crippen molar-refractivity contribution < 1.29 is 14.3 Å². The van der Waals surface area contributed by atoms with Gasteiger partial charge in [0, 0.05) is 11.9 Å². The Bertz CT molecular complexity index is 726. The van der Waals surface area contributed by atoms with E-state index in [1.165, 1.54) is 0 Å². The van der Waals surface area contributed by atoms with Gasteiger partial charge in [-0.3, -0.25) is 4.79 Å². The smallest absolute Gasteiger partial charge is 0.287 e. The fourth-order valence-corrected chi connectivity index (χ4v) is 2.16. The second kappa shape index (κ2) is 5.71. The SMILES string of the molecule is O=C(NCCc1ccc(O)cc1)c1cc2ccccc2o1. The fourth-order valence-electron chi connectivity index (χ4n) is 2.16. The summed E-state index contributed by atoms with van der Waals surface area (Å²) in [5.74, 6) is 0.344. The van der Waals surface area contributed by atoms with Gasteiger partial charge < -0.3 is 14.8 Å². The number of amides is 1. The third-order valence-electron chi connectivity index (χ3n) is 3.28. The molecule has 3 aromatic rings. The van der Waals surface area contributed by atoms with Gasteiger partial charge in [0.05, 0.1) is 0 Å². The zero-order chi connectivity index (χ0) is 14.7. The average molecular weight is 281 g/mol. The van der Waals surface area contributed by atoms with Crippen molar-refractivity contribution in [1.29, 1.82) is 0 Å². The van der Waals surface area contributed by atoms with E-state index in [9.17, 15) is 9.90 Å². The molecule has 4 heteroatoms. The van der Waals surface area contributed by atoms with Crippen LogP contribution in [0.2, 0.25) is 0 Å². The lowest BCUT2D eigenvalue weighted by atomic mass is 10.1. The molecule has 1 amide bonds. The maximum absolute atomic E-state index is 12.0. The van der Waals surface area contributed by atoms with E-state index in [1.807, 2.05) is 36.4 Å². The maximum atomic E-state index is 12.0. The molecule has 0 fully saturated rings. The van der Waals surface area contributed by atoms with Crippen LogP contribution in [0.1, 0.15) is 16.1 Å². The van der Waals surface area contributed by atoms with Crippen LogP contribution >= 0.6 is 0 Å². The van der Waals surface area contributed by atoms with E-state index in [4.69, 9.17) is 4.42 Å². The highest BCUT2D eigenvalue weighted by atomic mass is 16.3. The van der Waals surface area contributed by atoms with Crippen molar-refractivity contribution in [2.24, 2.45) is 0 Å². The summed E-state index contributed by atoms with van der Waals surface area (Å²) in [6, 6.07) is 16.2. The van der Waals surface area contributed by atoms with Crippen molar-refractivity contribution in [1.82, 2.24) is 5.32 Å². The van der Waals surface area contributed by atoms with Gasteiger partial charge >= 0.3 is 0 Å². The Balaban J connectivity index is 1.60. The highest BCUT2D eigenvalue weighted by Gasteiger charge is 2.11. The Morgan fingerprint density at radius 1 is 1.10 bits per heavy atom. The quantitative estimate of drug-likeness (QED) is 0.772. The van der Waals surface area contributed by atoms with Crippen LogP contribution < -0.4 is 5.32 Å². The number of carbonyl (C=O) groups excluding carboxylic acids is 1. The van der Waals surface area contributed by atoms with Crippen LogP contribution in [-0.2, 0) is 6.42 Å². The lowest BCUT2D eigenvalue weighted by Crippen LogP contribution is -2.25. The minimum Gasteiger partial charge on any atom is -0.508 e. The van der Waals surface area contributed by atoms with Gasteiger partial charge in [0.25, 0.3) is 5.91 Å². The van der Waals surface area contributed by atoms with Crippen LogP contribution in [0.15, 0.2) is 59.0 Å². The van der Waals surface area contributed by atoms with Crippen LogP contribution in [-0.4, -0.2) is 17.6 Å². The summed E-state index contributed by atoms with van der Waals surface area (Å²) in [6.45, 7) is 0.515. The second-order valence-electron chi connectivity index (χ2n) is 4.82. The molecule has 0 bridgehead atoms. The monoisotopic (exact) mass is 281 g/mol. The Hall–Kier alpha value is -2.75. The van der Waals surface area contributed by atoms with E-state index in [0.29, 0.717) is 24.3 Å². The van der Waals surface area contributed by atoms with Crippen LogP contribution in [0.3, 0.4) is 0 Å². The molecule has 3 rings (SSSR count). The highest BCUT2D eigenvalue weighted by Crippen LogP contribution is 2.18. The number of hydrogen-bond donors (Lipinski definition) is 2. The Morgan fingerprint density at radius 2 is 1.86 bits per heavy atom. The molecule has 0 saturated heterocycles. The standard InChI is InChI=1S/C17H15NO3/c19-14-7-5-12(6-8-14)9-10-18-17(20)16-11-13-3-1-2-4-15(13)21-16/h1-8,11,19H,9-10H2,(H,18,20). The van der Waals surface area contributed by atoms with Gasteiger partial charge in [-0.05, 0) is 36.2 Å². The van der Waals surface area contributed by atoms with Gasteiger partial charge in [0.2, 0.25) is 0 Å². The number of phenolic OH excluding ortho intramolecular Hbond substituents is 1. The van der Waals surface area contributed by atoms with Gasteiger partial charge in [0.1, 0.15) is 11.3 Å². The van der Waals surface area contributed by atoms with Gasteiger partial charge in [-0.1, -0.05) is 30.3 Å². The second-order valence-corrected chi connectivity index (χ2v) is 4.82. The Morgan fingerprint density at radius 3 is 2.62 bits per heavy atom. The number of fused-ring (bicyclic) bond motifs is 1. The lowest BCUT2D eigenvalue weighted by Gasteiger charge is -2.03. The first-order valence-electron chi connectivity index (χ1n) is 6.77. The van der Waals surface area contributed by atoms with Gasteiger partial charge in [-0.2, -0.15) is 0 Å². The average Bonchev–Trinajstić information content (AvgIpc) is 2.93. The summed E-state index contributed by atoms with van der Waals surface area (Å²) in [4.78, 5) is 12.0. The number of aromatic hydroxyl groups is 1. The number of carbonyl (C=O) groups is 1. The van der Waals surface area contributed by atoms with Crippen LogP contribution in [0.25, 0.3) is 11.0 Å². The summed E-state index contributed by atoms with van der Waals surface area (Å²) >= 11 is 0. The summed E-state index contributed by atoms with van der Waals surface area (Å²) in [5, 5.41) is 13.0. The topological polar surface area (TPSA) is 62.5 Å². The molecule has 2 aromatic carbocycles. The first-order chi connectivity index (χ1) is 10.2. The third kappa shape index (κ3) is 3.05. The molecule has 0 aliphatic heterocycles. The highest BCUT2D eigenvalue weighted by molar-refractivity contribution is 5.96. The Kier molecular flexibility index (Phi) is 3.60. The van der Waals surface area contributed by atoms with Crippen molar-refractivity contribution >= 4 is 16.9 Å². The summed E-state index contributed by atoms with van der Waals surface area (Å²) < 4.78 is 5.50. The van der Waals surface area contributed by atoms with Crippen molar-refractivity contribution in [2.45, 2.75) is 6.42 Å². The van der Waals surface area contributed by atoms with Crippen molar-refractivity contribution in [2.75, 3.05) is 6.54 Å². The molecular formula is C17H15NO3. The number of furan rings is 1. The molecule has 1 aromatic heterocycles. The molecule has 0 unspecified atom stereocenters. The molecule has 106 valence electrons. The van der Waals surface area contributed by atoms with Crippen LogP contribution in [0.4, 0.5) is 0 Å². The molecule has 0 saturated carbocycles. The zero-order valence-corrected chi connectivity index (χ0v) is 11.4. The van der Waals surface area contributed by atoms with Crippen LogP contribution in [0.5, 0.6) is 5.75 Å². The number of para-hydroxylation sites is 1. The van der Waals surface area contributed by atoms with E-state index < -0.39 is 0 Å². The molecule has 0 radical (unpaired) electrons. The number of phenols is 1. The molecule has 1 heterocycles.